The van der Waals surface area contributed by atoms with Crippen LogP contribution < -0.4 is 5.32 Å². The number of carbonyl (C=O) groups is 1. The number of nitrogens with one attached hydrogen (secondary N) is 1. The third kappa shape index (κ3) is 2.92. The van der Waals surface area contributed by atoms with Crippen LogP contribution in [0, 0.1) is 23.0 Å². The second kappa shape index (κ2) is 5.68. The molecule has 0 aliphatic heterocycles. The molecule has 2 rings (SSSR count). The molecular formula is C14H7ClF2N2O. The van der Waals surface area contributed by atoms with Crippen molar-refractivity contribution in [2.75, 3.05) is 5.32 Å². The third-order valence-electron chi connectivity index (χ3n) is 2.52. The monoisotopic (exact) mass is 292 g/mol. The second-order valence-corrected chi connectivity index (χ2v) is 4.29. The van der Waals surface area contributed by atoms with E-state index in [4.69, 9.17) is 16.9 Å². The lowest BCUT2D eigenvalue weighted by Gasteiger charge is -2.08. The Morgan fingerprint density at radius 1 is 1.20 bits per heavy atom. The number of anilines is 1. The van der Waals surface area contributed by atoms with Gasteiger partial charge in [0.25, 0.3) is 5.91 Å². The van der Waals surface area contributed by atoms with Gasteiger partial charge in [0, 0.05) is 6.07 Å². The van der Waals surface area contributed by atoms with E-state index in [1.54, 1.807) is 0 Å². The largest absolute Gasteiger partial charge is 0.321 e. The maximum absolute atomic E-state index is 13.4. The highest BCUT2D eigenvalue weighted by atomic mass is 35.5. The molecule has 3 nitrogen and oxygen atoms in total. The standard InChI is InChI=1S/C14H7ClF2N2O/c15-11-5-8(7-18)1-4-13(11)19-14(20)10-3-2-9(16)6-12(10)17/h1-6H,(H,19,20). The van der Waals surface area contributed by atoms with Gasteiger partial charge in [0.2, 0.25) is 0 Å². The van der Waals surface area contributed by atoms with Gasteiger partial charge in [-0.05, 0) is 30.3 Å². The summed E-state index contributed by atoms with van der Waals surface area (Å²) in [5.74, 6) is -2.49. The van der Waals surface area contributed by atoms with Crippen molar-refractivity contribution in [3.63, 3.8) is 0 Å². The normalized spacial score (nSPS) is 9.90. The van der Waals surface area contributed by atoms with Crippen LogP contribution in [-0.2, 0) is 0 Å². The van der Waals surface area contributed by atoms with Gasteiger partial charge >= 0.3 is 0 Å². The fourth-order valence-corrected chi connectivity index (χ4v) is 1.78. The summed E-state index contributed by atoms with van der Waals surface area (Å²) in [6.07, 6.45) is 0. The first-order valence-corrected chi connectivity index (χ1v) is 5.85. The zero-order valence-electron chi connectivity index (χ0n) is 9.95. The van der Waals surface area contributed by atoms with Crippen LogP contribution in [0.15, 0.2) is 36.4 Å². The second-order valence-electron chi connectivity index (χ2n) is 3.88. The van der Waals surface area contributed by atoms with Crippen LogP contribution in [-0.4, -0.2) is 5.91 Å². The Kier molecular flexibility index (Phi) is 3.97. The highest BCUT2D eigenvalue weighted by Crippen LogP contribution is 2.23. The van der Waals surface area contributed by atoms with Crippen LogP contribution in [0.3, 0.4) is 0 Å². The Labute approximate surface area is 118 Å². The smallest absolute Gasteiger partial charge is 0.258 e. The molecule has 0 unspecified atom stereocenters. The third-order valence-corrected chi connectivity index (χ3v) is 2.83. The van der Waals surface area contributed by atoms with Gasteiger partial charge < -0.3 is 5.32 Å². The molecule has 0 fully saturated rings. The van der Waals surface area contributed by atoms with Gasteiger partial charge in [-0.2, -0.15) is 5.26 Å². The molecule has 2 aromatic rings. The summed E-state index contributed by atoms with van der Waals surface area (Å²) in [7, 11) is 0. The number of nitrogens with zero attached hydrogens (tertiary/aromatic N) is 1. The van der Waals surface area contributed by atoms with Crippen molar-refractivity contribution < 1.29 is 13.6 Å². The molecule has 6 heteroatoms. The molecule has 0 bridgehead atoms. The van der Waals surface area contributed by atoms with Crippen molar-refractivity contribution >= 4 is 23.2 Å². The molecule has 0 saturated heterocycles. The summed E-state index contributed by atoms with van der Waals surface area (Å²) in [5.41, 5.74) is 0.271. The Bertz CT molecular complexity index is 726. The van der Waals surface area contributed by atoms with Crippen molar-refractivity contribution in [1.82, 2.24) is 0 Å². The van der Waals surface area contributed by atoms with Gasteiger partial charge in [-0.15, -0.1) is 0 Å². The average Bonchev–Trinajstić information content (AvgIpc) is 2.40. The number of amides is 1. The van der Waals surface area contributed by atoms with Crippen LogP contribution in [0.2, 0.25) is 5.02 Å². The van der Waals surface area contributed by atoms with E-state index in [1.165, 1.54) is 18.2 Å². The fraction of sp³-hybridized carbons (Fsp3) is 0. The predicted octanol–water partition coefficient (Wildman–Crippen LogP) is 3.74. The summed E-state index contributed by atoms with van der Waals surface area (Å²) in [5, 5.41) is 11.2. The lowest BCUT2D eigenvalue weighted by atomic mass is 10.1. The predicted molar refractivity (Wildman–Crippen MR) is 70.5 cm³/mol. The first kappa shape index (κ1) is 14.0. The van der Waals surface area contributed by atoms with Crippen molar-refractivity contribution in [1.29, 1.82) is 5.26 Å². The van der Waals surface area contributed by atoms with E-state index in [2.05, 4.69) is 5.32 Å². The molecule has 0 saturated carbocycles. The van der Waals surface area contributed by atoms with E-state index in [0.717, 1.165) is 12.1 Å². The number of rotatable bonds is 2. The van der Waals surface area contributed by atoms with E-state index >= 15 is 0 Å². The van der Waals surface area contributed by atoms with Crippen molar-refractivity contribution in [3.05, 3.63) is 64.2 Å². The number of carbonyl (C=O) groups excluding carboxylic acids is 1. The maximum Gasteiger partial charge on any atom is 0.258 e. The highest BCUT2D eigenvalue weighted by molar-refractivity contribution is 6.34. The van der Waals surface area contributed by atoms with E-state index in [-0.39, 0.29) is 16.3 Å². The SMILES string of the molecule is N#Cc1ccc(NC(=O)c2ccc(F)cc2F)c(Cl)c1. The Balaban J connectivity index is 2.26. The van der Waals surface area contributed by atoms with Gasteiger partial charge in [-0.1, -0.05) is 11.6 Å². The molecule has 20 heavy (non-hydrogen) atoms. The van der Waals surface area contributed by atoms with E-state index in [9.17, 15) is 13.6 Å². The Hall–Kier alpha value is -2.45. The molecule has 0 radical (unpaired) electrons. The topological polar surface area (TPSA) is 52.9 Å². The lowest BCUT2D eigenvalue weighted by molar-refractivity contribution is 0.102. The molecule has 0 spiro atoms. The van der Waals surface area contributed by atoms with Crippen LogP contribution in [0.1, 0.15) is 15.9 Å². The molecule has 1 N–H and O–H groups in total. The molecular weight excluding hydrogens is 286 g/mol. The number of nitriles is 1. The zero-order valence-corrected chi connectivity index (χ0v) is 10.7. The molecule has 0 atom stereocenters. The van der Waals surface area contributed by atoms with E-state index < -0.39 is 17.5 Å². The maximum atomic E-state index is 13.4. The lowest BCUT2D eigenvalue weighted by Crippen LogP contribution is -2.14. The zero-order chi connectivity index (χ0) is 14.7. The Morgan fingerprint density at radius 3 is 2.55 bits per heavy atom. The number of benzene rings is 2. The first-order valence-electron chi connectivity index (χ1n) is 5.47. The number of hydrogen-bond donors (Lipinski definition) is 1. The van der Waals surface area contributed by atoms with Gasteiger partial charge in [-0.3, -0.25) is 4.79 Å². The van der Waals surface area contributed by atoms with Crippen LogP contribution in [0.5, 0.6) is 0 Å². The van der Waals surface area contributed by atoms with Gasteiger partial charge in [0.15, 0.2) is 0 Å². The molecule has 0 heterocycles. The van der Waals surface area contributed by atoms with Gasteiger partial charge in [0.05, 0.1) is 27.9 Å². The molecule has 1 amide bonds. The number of halogens is 3. The minimum atomic E-state index is -0.965. The van der Waals surface area contributed by atoms with E-state index in [1.807, 2.05) is 6.07 Å². The fourth-order valence-electron chi connectivity index (χ4n) is 1.55. The van der Waals surface area contributed by atoms with Crippen LogP contribution in [0.25, 0.3) is 0 Å². The molecule has 0 aliphatic rings. The summed E-state index contributed by atoms with van der Waals surface area (Å²) >= 11 is 5.89. The molecule has 2 aromatic carbocycles. The van der Waals surface area contributed by atoms with Crippen molar-refractivity contribution in [3.8, 4) is 6.07 Å². The number of hydrogen-bond acceptors (Lipinski definition) is 2. The summed E-state index contributed by atoms with van der Waals surface area (Å²) in [6, 6.07) is 8.81. The van der Waals surface area contributed by atoms with Gasteiger partial charge in [-0.25, -0.2) is 8.78 Å². The molecule has 0 aliphatic carbocycles. The first-order chi connectivity index (χ1) is 9.51. The van der Waals surface area contributed by atoms with E-state index in [0.29, 0.717) is 11.6 Å². The van der Waals surface area contributed by atoms with Gasteiger partial charge in [0.1, 0.15) is 11.6 Å². The summed E-state index contributed by atoms with van der Waals surface area (Å²) in [4.78, 5) is 11.9. The minimum Gasteiger partial charge on any atom is -0.321 e. The summed E-state index contributed by atoms with van der Waals surface area (Å²) in [6.45, 7) is 0. The van der Waals surface area contributed by atoms with Crippen LogP contribution in [0.4, 0.5) is 14.5 Å². The molecule has 100 valence electrons. The van der Waals surface area contributed by atoms with Crippen molar-refractivity contribution in [2.24, 2.45) is 0 Å². The minimum absolute atomic E-state index is 0.153. The summed E-state index contributed by atoms with van der Waals surface area (Å²) < 4.78 is 26.2. The molecule has 0 aromatic heterocycles. The van der Waals surface area contributed by atoms with Crippen molar-refractivity contribution in [2.45, 2.75) is 0 Å². The highest BCUT2D eigenvalue weighted by Gasteiger charge is 2.14. The Morgan fingerprint density at radius 2 is 1.95 bits per heavy atom. The van der Waals surface area contributed by atoms with Crippen LogP contribution >= 0.6 is 11.6 Å². The average molecular weight is 293 g/mol. The quantitative estimate of drug-likeness (QED) is 0.916.